The lowest BCUT2D eigenvalue weighted by atomic mass is 9.99. The molecule has 0 spiro atoms. The number of hydrogen-bond acceptors (Lipinski definition) is 10. The average Bonchev–Trinajstić information content (AvgIpc) is 3.38. The standard InChI is InChI=1S/C61H121NO11S/c1-3-5-7-9-11-13-15-17-19-21-23-25-27-28-29-30-32-34-36-38-40-42-44-46-48-50-55(64)54(53-71-61-59(67)60(73-74(68,69)70)58(66)56(52-63)72-61)62-57(65)51-49-47-45-43-41-39-37-35-33-31-26-24-22-20-18-16-14-12-10-8-6-4-2/h54-56,58-61,63-64,66-67H,3-53H2,1-2H3,(H,62,65)(H,68,69,70). The van der Waals surface area contributed by atoms with Crippen molar-refractivity contribution < 1.29 is 51.8 Å². The van der Waals surface area contributed by atoms with Gasteiger partial charge in [-0.1, -0.05) is 309 Å². The number of amides is 1. The Labute approximate surface area is 456 Å². The molecule has 0 saturated carbocycles. The van der Waals surface area contributed by atoms with E-state index in [1.807, 2.05) is 0 Å². The molecule has 1 aliphatic heterocycles. The van der Waals surface area contributed by atoms with Crippen LogP contribution < -0.4 is 5.32 Å². The van der Waals surface area contributed by atoms with Gasteiger partial charge in [0.1, 0.15) is 24.4 Å². The second-order valence-corrected chi connectivity index (χ2v) is 23.8. The molecule has 1 amide bonds. The molecule has 0 bridgehead atoms. The molecular formula is C61H121NO11S. The summed E-state index contributed by atoms with van der Waals surface area (Å²) in [5.74, 6) is -0.220. The van der Waals surface area contributed by atoms with Gasteiger partial charge in [0.05, 0.1) is 25.4 Å². The molecule has 1 heterocycles. The first-order chi connectivity index (χ1) is 36.0. The molecule has 1 aliphatic rings. The highest BCUT2D eigenvalue weighted by Crippen LogP contribution is 2.26. The number of unbranched alkanes of at least 4 members (excludes halogenated alkanes) is 45. The molecular weight excluding hydrogens is 955 g/mol. The predicted molar refractivity (Wildman–Crippen MR) is 306 cm³/mol. The van der Waals surface area contributed by atoms with Crippen molar-refractivity contribution in [3.05, 3.63) is 0 Å². The van der Waals surface area contributed by atoms with E-state index in [4.69, 9.17) is 9.47 Å². The lowest BCUT2D eigenvalue weighted by Crippen LogP contribution is -2.61. The molecule has 13 heteroatoms. The Balaban J connectivity index is 2.29. The van der Waals surface area contributed by atoms with Gasteiger partial charge < -0.3 is 35.2 Å². The largest absolute Gasteiger partial charge is 0.397 e. The van der Waals surface area contributed by atoms with E-state index in [0.717, 1.165) is 51.4 Å². The van der Waals surface area contributed by atoms with Gasteiger partial charge >= 0.3 is 10.4 Å². The van der Waals surface area contributed by atoms with Crippen LogP contribution in [-0.2, 0) is 28.9 Å². The number of carbonyl (C=O) groups is 1. The fourth-order valence-electron chi connectivity index (χ4n) is 10.8. The van der Waals surface area contributed by atoms with E-state index in [9.17, 15) is 38.2 Å². The number of aliphatic hydroxyl groups excluding tert-OH is 4. The average molecular weight is 1080 g/mol. The molecule has 0 aliphatic carbocycles. The maximum absolute atomic E-state index is 13.2. The minimum Gasteiger partial charge on any atom is -0.394 e. The Morgan fingerprint density at radius 1 is 0.486 bits per heavy atom. The summed E-state index contributed by atoms with van der Waals surface area (Å²) < 4.78 is 48.0. The van der Waals surface area contributed by atoms with Crippen LogP contribution in [0.15, 0.2) is 0 Å². The SMILES string of the molecule is CCCCCCCCCCCCCCCCCCCCCCCCCCCC(O)C(COC1OC(CO)C(O)C(OS(=O)(=O)O)C1O)NC(=O)CCCCCCCCCCCCCCCCCCCCCCCC. The van der Waals surface area contributed by atoms with Crippen LogP contribution in [0, 0.1) is 0 Å². The fourth-order valence-corrected chi connectivity index (χ4v) is 11.3. The van der Waals surface area contributed by atoms with E-state index in [1.165, 1.54) is 250 Å². The fraction of sp³-hybridized carbons (Fsp3) is 0.984. The molecule has 7 atom stereocenters. The van der Waals surface area contributed by atoms with Crippen molar-refractivity contribution in [2.45, 2.75) is 371 Å². The van der Waals surface area contributed by atoms with Crippen molar-refractivity contribution in [3.8, 4) is 0 Å². The Bertz CT molecular complexity index is 1310. The van der Waals surface area contributed by atoms with Gasteiger partial charge in [0.2, 0.25) is 5.91 Å². The quantitative estimate of drug-likeness (QED) is 0.0251. The van der Waals surface area contributed by atoms with E-state index < -0.39 is 59.9 Å². The smallest absolute Gasteiger partial charge is 0.394 e. The van der Waals surface area contributed by atoms with Crippen LogP contribution >= 0.6 is 0 Å². The molecule has 12 nitrogen and oxygen atoms in total. The highest BCUT2D eigenvalue weighted by molar-refractivity contribution is 7.80. The minimum atomic E-state index is -5.08. The molecule has 442 valence electrons. The Hall–Kier alpha value is -0.900. The number of ether oxygens (including phenoxy) is 2. The zero-order valence-corrected chi connectivity index (χ0v) is 49.0. The lowest BCUT2D eigenvalue weighted by molar-refractivity contribution is -0.298. The van der Waals surface area contributed by atoms with Crippen LogP contribution in [0.4, 0.5) is 0 Å². The summed E-state index contributed by atoms with van der Waals surface area (Å²) >= 11 is 0. The molecule has 0 radical (unpaired) electrons. The summed E-state index contributed by atoms with van der Waals surface area (Å²) in [4.78, 5) is 13.2. The Morgan fingerprint density at radius 3 is 1.08 bits per heavy atom. The highest BCUT2D eigenvalue weighted by atomic mass is 32.3. The van der Waals surface area contributed by atoms with E-state index in [-0.39, 0.29) is 12.5 Å². The van der Waals surface area contributed by atoms with Crippen molar-refractivity contribution >= 4 is 16.3 Å². The van der Waals surface area contributed by atoms with E-state index in [0.29, 0.717) is 12.8 Å². The number of carbonyl (C=O) groups excluding carboxylic acids is 1. The molecule has 7 unspecified atom stereocenters. The van der Waals surface area contributed by atoms with E-state index in [2.05, 4.69) is 23.3 Å². The van der Waals surface area contributed by atoms with Crippen molar-refractivity contribution in [3.63, 3.8) is 0 Å². The Kier molecular flexibility index (Phi) is 49.5. The molecule has 1 saturated heterocycles. The van der Waals surface area contributed by atoms with E-state index >= 15 is 0 Å². The Morgan fingerprint density at radius 2 is 0.784 bits per heavy atom. The molecule has 0 aromatic heterocycles. The van der Waals surface area contributed by atoms with Crippen molar-refractivity contribution in [1.29, 1.82) is 0 Å². The number of rotatable bonds is 57. The minimum absolute atomic E-state index is 0.220. The predicted octanol–water partition coefficient (Wildman–Crippen LogP) is 15.6. The third-order valence-electron chi connectivity index (χ3n) is 15.7. The number of aliphatic hydroxyl groups is 4. The monoisotopic (exact) mass is 1080 g/mol. The van der Waals surface area contributed by atoms with Gasteiger partial charge in [-0.2, -0.15) is 8.42 Å². The van der Waals surface area contributed by atoms with Gasteiger partial charge in [-0.15, -0.1) is 0 Å². The van der Waals surface area contributed by atoms with Crippen LogP contribution in [0.2, 0.25) is 0 Å². The molecule has 0 aromatic rings. The topological polar surface area (TPSA) is 192 Å². The normalized spacial score (nSPS) is 19.0. The van der Waals surface area contributed by atoms with Crippen LogP contribution in [0.25, 0.3) is 0 Å². The first-order valence-corrected chi connectivity index (χ1v) is 33.3. The summed E-state index contributed by atoms with van der Waals surface area (Å²) in [7, 11) is -5.08. The lowest BCUT2D eigenvalue weighted by Gasteiger charge is -2.41. The summed E-state index contributed by atoms with van der Waals surface area (Å²) in [6, 6.07) is -0.854. The molecule has 6 N–H and O–H groups in total. The third-order valence-corrected chi connectivity index (χ3v) is 16.1. The van der Waals surface area contributed by atoms with Gasteiger partial charge in [-0.05, 0) is 12.8 Å². The second kappa shape index (κ2) is 51.5. The number of nitrogens with one attached hydrogen (secondary N) is 1. The van der Waals surface area contributed by atoms with Crippen LogP contribution in [0.3, 0.4) is 0 Å². The van der Waals surface area contributed by atoms with Crippen molar-refractivity contribution in [1.82, 2.24) is 5.32 Å². The van der Waals surface area contributed by atoms with Gasteiger partial charge in [0.25, 0.3) is 0 Å². The highest BCUT2D eigenvalue weighted by Gasteiger charge is 2.48. The first kappa shape index (κ1) is 71.1. The maximum atomic E-state index is 13.2. The van der Waals surface area contributed by atoms with Crippen LogP contribution in [-0.4, -0.2) is 95.4 Å². The second-order valence-electron chi connectivity index (χ2n) is 22.7. The summed E-state index contributed by atoms with van der Waals surface area (Å²) in [5.41, 5.74) is 0. The van der Waals surface area contributed by atoms with Gasteiger partial charge in [0, 0.05) is 6.42 Å². The van der Waals surface area contributed by atoms with Crippen LogP contribution in [0.1, 0.15) is 328 Å². The molecule has 74 heavy (non-hydrogen) atoms. The zero-order valence-electron chi connectivity index (χ0n) is 48.2. The third kappa shape index (κ3) is 43.0. The van der Waals surface area contributed by atoms with Gasteiger partial charge in [-0.3, -0.25) is 9.35 Å². The van der Waals surface area contributed by atoms with E-state index in [1.54, 1.807) is 0 Å². The van der Waals surface area contributed by atoms with Crippen molar-refractivity contribution in [2.24, 2.45) is 0 Å². The maximum Gasteiger partial charge on any atom is 0.397 e. The first-order valence-electron chi connectivity index (χ1n) is 31.9. The summed E-state index contributed by atoms with van der Waals surface area (Å²) in [6.45, 7) is 3.52. The summed E-state index contributed by atoms with van der Waals surface area (Å²) in [5, 5.41) is 45.2. The van der Waals surface area contributed by atoms with Crippen LogP contribution in [0.5, 0.6) is 0 Å². The molecule has 1 rings (SSSR count). The van der Waals surface area contributed by atoms with Gasteiger partial charge in [-0.25, -0.2) is 4.18 Å². The molecule has 1 fully saturated rings. The van der Waals surface area contributed by atoms with Crippen molar-refractivity contribution in [2.75, 3.05) is 13.2 Å². The zero-order chi connectivity index (χ0) is 54.0. The van der Waals surface area contributed by atoms with Gasteiger partial charge in [0.15, 0.2) is 6.29 Å². The number of hydrogen-bond donors (Lipinski definition) is 6. The molecule has 0 aromatic carbocycles. The summed E-state index contributed by atoms with van der Waals surface area (Å²) in [6.07, 6.45) is 52.6.